The molecule has 0 saturated heterocycles. The van der Waals surface area contributed by atoms with Gasteiger partial charge in [-0.05, 0) is 61.0 Å². The van der Waals surface area contributed by atoms with E-state index in [1.165, 1.54) is 18.9 Å². The number of amides is 2. The van der Waals surface area contributed by atoms with E-state index in [1.54, 1.807) is 30.5 Å². The van der Waals surface area contributed by atoms with E-state index in [0.717, 1.165) is 15.5 Å². The van der Waals surface area contributed by atoms with Crippen molar-refractivity contribution < 1.29 is 19.1 Å². The lowest BCUT2D eigenvalue weighted by Crippen LogP contribution is -2.28. The minimum absolute atomic E-state index is 0.0884. The molecule has 7 nitrogen and oxygen atoms in total. The topological polar surface area (TPSA) is 89.6 Å². The zero-order valence-corrected chi connectivity index (χ0v) is 18.8. The summed E-state index contributed by atoms with van der Waals surface area (Å²) in [5, 5.41) is 6.48. The maximum atomic E-state index is 12.5. The maximum absolute atomic E-state index is 12.5. The predicted octanol–water partition coefficient (Wildman–Crippen LogP) is 3.69. The molecule has 0 radical (unpaired) electrons. The highest BCUT2D eigenvalue weighted by Gasteiger charge is 2.10. The van der Waals surface area contributed by atoms with Crippen molar-refractivity contribution in [3.8, 4) is 11.5 Å². The van der Waals surface area contributed by atoms with Crippen LogP contribution >= 0.6 is 11.8 Å². The van der Waals surface area contributed by atoms with Crippen LogP contribution in [0.25, 0.3) is 0 Å². The molecule has 3 aromatic rings. The molecule has 0 aliphatic rings. The first kappa shape index (κ1) is 23.1. The van der Waals surface area contributed by atoms with Crippen LogP contribution < -0.4 is 20.1 Å². The van der Waals surface area contributed by atoms with Gasteiger partial charge in [-0.1, -0.05) is 23.9 Å². The van der Waals surface area contributed by atoms with E-state index < -0.39 is 0 Å². The standard InChI is InChI=1S/C24H25N3O4S/c1-3-25-22(28)16-31-20-12-7-17(14-21(20)30-2)15-27-24(29)18-8-10-19(11-9-18)32-23-6-4-5-13-26-23/h4-14H,3,15-16H2,1-2H3,(H,25,28)(H,27,29). The lowest BCUT2D eigenvalue weighted by atomic mass is 10.1. The zero-order chi connectivity index (χ0) is 22.8. The number of carbonyl (C=O) groups excluding carboxylic acids is 2. The van der Waals surface area contributed by atoms with Gasteiger partial charge in [-0.25, -0.2) is 4.98 Å². The van der Waals surface area contributed by atoms with E-state index in [1.807, 2.05) is 43.3 Å². The van der Waals surface area contributed by atoms with Crippen LogP contribution in [0, 0.1) is 0 Å². The minimum atomic E-state index is -0.199. The molecule has 1 aromatic heterocycles. The van der Waals surface area contributed by atoms with Crippen LogP contribution in [0.15, 0.2) is 76.8 Å². The third-order valence-corrected chi connectivity index (χ3v) is 5.35. The van der Waals surface area contributed by atoms with E-state index in [2.05, 4.69) is 15.6 Å². The normalized spacial score (nSPS) is 10.3. The predicted molar refractivity (Wildman–Crippen MR) is 123 cm³/mol. The van der Waals surface area contributed by atoms with Crippen molar-refractivity contribution in [1.82, 2.24) is 15.6 Å². The van der Waals surface area contributed by atoms with Crippen LogP contribution in [0.3, 0.4) is 0 Å². The van der Waals surface area contributed by atoms with Crippen molar-refractivity contribution in [3.63, 3.8) is 0 Å². The third kappa shape index (κ3) is 6.75. The van der Waals surface area contributed by atoms with Crippen molar-refractivity contribution in [2.75, 3.05) is 20.3 Å². The van der Waals surface area contributed by atoms with E-state index in [4.69, 9.17) is 9.47 Å². The van der Waals surface area contributed by atoms with Crippen molar-refractivity contribution in [2.24, 2.45) is 0 Å². The highest BCUT2D eigenvalue weighted by atomic mass is 32.2. The first-order chi connectivity index (χ1) is 15.6. The fourth-order valence-electron chi connectivity index (χ4n) is 2.82. The molecule has 0 spiro atoms. The minimum Gasteiger partial charge on any atom is -0.493 e. The summed E-state index contributed by atoms with van der Waals surface area (Å²) in [5.41, 5.74) is 1.42. The molecule has 2 amide bonds. The van der Waals surface area contributed by atoms with E-state index in [9.17, 15) is 9.59 Å². The number of benzene rings is 2. The first-order valence-corrected chi connectivity index (χ1v) is 10.9. The second-order valence-corrected chi connectivity index (χ2v) is 7.80. The number of ether oxygens (including phenoxy) is 2. The number of rotatable bonds is 10. The number of aromatic nitrogens is 1. The third-order valence-electron chi connectivity index (χ3n) is 4.39. The molecular formula is C24H25N3O4S. The fourth-order valence-corrected chi connectivity index (χ4v) is 3.59. The molecule has 166 valence electrons. The van der Waals surface area contributed by atoms with Crippen molar-refractivity contribution in [3.05, 3.63) is 78.0 Å². The summed E-state index contributed by atoms with van der Waals surface area (Å²) in [4.78, 5) is 29.4. The van der Waals surface area contributed by atoms with E-state index in [0.29, 0.717) is 30.2 Å². The average Bonchev–Trinajstić information content (AvgIpc) is 2.82. The Bertz CT molecular complexity index is 1040. The number of nitrogens with zero attached hydrogens (tertiary/aromatic N) is 1. The molecule has 0 atom stereocenters. The largest absolute Gasteiger partial charge is 0.493 e. The van der Waals surface area contributed by atoms with Gasteiger partial charge in [0.15, 0.2) is 18.1 Å². The first-order valence-electron chi connectivity index (χ1n) is 10.1. The second-order valence-electron chi connectivity index (χ2n) is 6.70. The molecule has 32 heavy (non-hydrogen) atoms. The van der Waals surface area contributed by atoms with Crippen LogP contribution in [0.2, 0.25) is 0 Å². The summed E-state index contributed by atoms with van der Waals surface area (Å²) in [6.07, 6.45) is 1.75. The Hall–Kier alpha value is -3.52. The van der Waals surface area contributed by atoms with Gasteiger partial charge in [0.1, 0.15) is 5.03 Å². The van der Waals surface area contributed by atoms with Gasteiger partial charge in [-0.15, -0.1) is 0 Å². The van der Waals surface area contributed by atoms with Gasteiger partial charge in [0.25, 0.3) is 11.8 Å². The Morgan fingerprint density at radius 2 is 1.81 bits per heavy atom. The summed E-state index contributed by atoms with van der Waals surface area (Å²) in [6.45, 7) is 2.63. The highest BCUT2D eigenvalue weighted by Crippen LogP contribution is 2.28. The molecule has 0 bridgehead atoms. The lowest BCUT2D eigenvalue weighted by Gasteiger charge is -2.12. The number of hydrogen-bond donors (Lipinski definition) is 2. The van der Waals surface area contributed by atoms with Gasteiger partial charge in [0.05, 0.1) is 7.11 Å². The van der Waals surface area contributed by atoms with Crippen LogP contribution in [0.4, 0.5) is 0 Å². The van der Waals surface area contributed by atoms with Crippen LogP contribution in [0.1, 0.15) is 22.8 Å². The monoisotopic (exact) mass is 451 g/mol. The molecule has 3 rings (SSSR count). The maximum Gasteiger partial charge on any atom is 0.257 e. The quantitative estimate of drug-likeness (QED) is 0.489. The number of pyridine rings is 1. The van der Waals surface area contributed by atoms with Gasteiger partial charge in [0.2, 0.25) is 0 Å². The summed E-state index contributed by atoms with van der Waals surface area (Å²) in [6, 6.07) is 18.5. The fraction of sp³-hybridized carbons (Fsp3) is 0.208. The molecule has 0 saturated carbocycles. The molecule has 8 heteroatoms. The van der Waals surface area contributed by atoms with Crippen LogP contribution in [0.5, 0.6) is 11.5 Å². The SMILES string of the molecule is CCNC(=O)COc1ccc(CNC(=O)c2ccc(Sc3ccccn3)cc2)cc1OC. The molecule has 0 fully saturated rings. The van der Waals surface area contributed by atoms with Gasteiger partial charge in [-0.2, -0.15) is 0 Å². The second kappa shape index (κ2) is 11.8. The van der Waals surface area contributed by atoms with Crippen LogP contribution in [-0.2, 0) is 11.3 Å². The Kier molecular flexibility index (Phi) is 8.51. The van der Waals surface area contributed by atoms with Gasteiger partial charge < -0.3 is 20.1 Å². The summed E-state index contributed by atoms with van der Waals surface area (Å²) < 4.78 is 10.9. The average molecular weight is 452 g/mol. The Morgan fingerprint density at radius 1 is 1.00 bits per heavy atom. The van der Waals surface area contributed by atoms with Gasteiger partial charge in [-0.3, -0.25) is 9.59 Å². The zero-order valence-electron chi connectivity index (χ0n) is 18.0. The smallest absolute Gasteiger partial charge is 0.257 e. The highest BCUT2D eigenvalue weighted by molar-refractivity contribution is 7.99. The Labute approximate surface area is 191 Å². The number of likely N-dealkylation sites (N-methyl/N-ethyl adjacent to an activating group) is 1. The summed E-state index contributed by atoms with van der Waals surface area (Å²) >= 11 is 1.54. The van der Waals surface area contributed by atoms with Gasteiger partial charge >= 0.3 is 0 Å². The lowest BCUT2D eigenvalue weighted by molar-refractivity contribution is -0.123. The van der Waals surface area contributed by atoms with Gasteiger partial charge in [0, 0.05) is 29.7 Å². The van der Waals surface area contributed by atoms with E-state index in [-0.39, 0.29) is 18.4 Å². The van der Waals surface area contributed by atoms with Crippen LogP contribution in [-0.4, -0.2) is 37.1 Å². The number of carbonyl (C=O) groups is 2. The molecular weight excluding hydrogens is 426 g/mol. The molecule has 2 N–H and O–H groups in total. The molecule has 0 aliphatic carbocycles. The van der Waals surface area contributed by atoms with Crippen molar-refractivity contribution in [2.45, 2.75) is 23.4 Å². The summed E-state index contributed by atoms with van der Waals surface area (Å²) in [5.74, 6) is 0.594. The molecule has 0 unspecified atom stereocenters. The Morgan fingerprint density at radius 3 is 2.50 bits per heavy atom. The number of methoxy groups -OCH3 is 1. The Balaban J connectivity index is 1.55. The summed E-state index contributed by atoms with van der Waals surface area (Å²) in [7, 11) is 1.53. The number of nitrogens with one attached hydrogen (secondary N) is 2. The van der Waals surface area contributed by atoms with E-state index >= 15 is 0 Å². The van der Waals surface area contributed by atoms with Crippen molar-refractivity contribution in [1.29, 1.82) is 0 Å². The number of hydrogen-bond acceptors (Lipinski definition) is 6. The molecule has 1 heterocycles. The molecule has 2 aromatic carbocycles. The van der Waals surface area contributed by atoms with Crippen molar-refractivity contribution >= 4 is 23.6 Å². The molecule has 0 aliphatic heterocycles.